The number of rotatable bonds is 10. The molecule has 0 saturated carbocycles. The van der Waals surface area contributed by atoms with Gasteiger partial charge in [-0.05, 0) is 37.0 Å². The summed E-state index contributed by atoms with van der Waals surface area (Å²) in [6.45, 7) is 11.8. The molecule has 114 valence electrons. The Hall–Kier alpha value is -1.06. The molecule has 0 aliphatic rings. The minimum absolute atomic E-state index is 0.394. The zero-order chi connectivity index (χ0) is 14.8. The van der Waals surface area contributed by atoms with Gasteiger partial charge in [-0.3, -0.25) is 0 Å². The first kappa shape index (κ1) is 17.0. The Balaban J connectivity index is 2.42. The summed E-state index contributed by atoms with van der Waals surface area (Å²) in [6.07, 6.45) is 1.04. The van der Waals surface area contributed by atoms with Gasteiger partial charge >= 0.3 is 0 Å². The maximum absolute atomic E-state index is 5.59. The van der Waals surface area contributed by atoms with Crippen molar-refractivity contribution >= 4 is 0 Å². The molecular weight excluding hydrogens is 250 g/mol. The molecule has 0 spiro atoms. The van der Waals surface area contributed by atoms with E-state index >= 15 is 0 Å². The maximum atomic E-state index is 5.59. The van der Waals surface area contributed by atoms with Crippen molar-refractivity contribution in [3.63, 3.8) is 0 Å². The molecule has 0 aliphatic carbocycles. The Bertz CT molecular complexity index is 349. The first-order valence-electron chi connectivity index (χ1n) is 7.70. The molecule has 1 aromatic carbocycles. The summed E-state index contributed by atoms with van der Waals surface area (Å²) >= 11 is 0. The van der Waals surface area contributed by atoms with Crippen molar-refractivity contribution in [2.45, 2.75) is 46.7 Å². The standard InChI is InChI=1S/C17H29NO2/c1-5-11-20-16-9-7-15(8-10-16)12-18-17(14(3)4)13-19-6-2/h7-10,14,17-18H,5-6,11-13H2,1-4H3. The second-order valence-electron chi connectivity index (χ2n) is 5.38. The molecule has 0 amide bonds. The molecule has 1 rings (SSSR count). The lowest BCUT2D eigenvalue weighted by atomic mass is 10.0. The predicted octanol–water partition coefficient (Wildman–Crippen LogP) is 3.63. The molecule has 0 aromatic heterocycles. The second-order valence-corrected chi connectivity index (χ2v) is 5.38. The molecule has 0 heterocycles. The van der Waals surface area contributed by atoms with Crippen LogP contribution in [0.25, 0.3) is 0 Å². The van der Waals surface area contributed by atoms with E-state index in [0.717, 1.165) is 38.5 Å². The van der Waals surface area contributed by atoms with E-state index in [9.17, 15) is 0 Å². The van der Waals surface area contributed by atoms with Gasteiger partial charge in [0.15, 0.2) is 0 Å². The summed E-state index contributed by atoms with van der Waals surface area (Å²) in [7, 11) is 0. The smallest absolute Gasteiger partial charge is 0.119 e. The Kier molecular flexibility index (Phi) is 8.31. The fourth-order valence-electron chi connectivity index (χ4n) is 1.90. The number of hydrogen-bond acceptors (Lipinski definition) is 3. The van der Waals surface area contributed by atoms with Gasteiger partial charge in [0.05, 0.1) is 13.2 Å². The zero-order valence-corrected chi connectivity index (χ0v) is 13.3. The van der Waals surface area contributed by atoms with Gasteiger partial charge in [-0.25, -0.2) is 0 Å². The fraction of sp³-hybridized carbons (Fsp3) is 0.647. The summed E-state index contributed by atoms with van der Waals surface area (Å²) in [5.74, 6) is 1.51. The second kappa shape index (κ2) is 9.78. The predicted molar refractivity (Wildman–Crippen MR) is 84.2 cm³/mol. The van der Waals surface area contributed by atoms with Crippen molar-refractivity contribution in [2.75, 3.05) is 19.8 Å². The van der Waals surface area contributed by atoms with Gasteiger partial charge in [0.2, 0.25) is 0 Å². The van der Waals surface area contributed by atoms with Gasteiger partial charge in [-0.1, -0.05) is 32.9 Å². The third-order valence-electron chi connectivity index (χ3n) is 3.27. The van der Waals surface area contributed by atoms with Crippen LogP contribution in [0.3, 0.4) is 0 Å². The highest BCUT2D eigenvalue weighted by Crippen LogP contribution is 2.13. The number of hydrogen-bond donors (Lipinski definition) is 1. The van der Waals surface area contributed by atoms with Crippen molar-refractivity contribution in [2.24, 2.45) is 5.92 Å². The Labute approximate surface area is 123 Å². The van der Waals surface area contributed by atoms with Crippen molar-refractivity contribution in [3.05, 3.63) is 29.8 Å². The lowest BCUT2D eigenvalue weighted by Gasteiger charge is -2.22. The molecule has 0 fully saturated rings. The first-order chi connectivity index (χ1) is 9.67. The van der Waals surface area contributed by atoms with Crippen LogP contribution in [0.2, 0.25) is 0 Å². The van der Waals surface area contributed by atoms with E-state index in [0.29, 0.717) is 12.0 Å². The molecule has 0 radical (unpaired) electrons. The van der Waals surface area contributed by atoms with Crippen molar-refractivity contribution in [3.8, 4) is 5.75 Å². The average molecular weight is 279 g/mol. The van der Waals surface area contributed by atoms with Crippen molar-refractivity contribution < 1.29 is 9.47 Å². The average Bonchev–Trinajstić information content (AvgIpc) is 2.46. The van der Waals surface area contributed by atoms with Gasteiger partial charge in [-0.2, -0.15) is 0 Å². The molecule has 1 aromatic rings. The van der Waals surface area contributed by atoms with Crippen LogP contribution in [0.15, 0.2) is 24.3 Å². The Morgan fingerprint density at radius 3 is 2.35 bits per heavy atom. The van der Waals surface area contributed by atoms with E-state index in [1.807, 2.05) is 19.1 Å². The van der Waals surface area contributed by atoms with Crippen LogP contribution >= 0.6 is 0 Å². The lowest BCUT2D eigenvalue weighted by Crippen LogP contribution is -2.37. The molecule has 0 saturated heterocycles. The molecule has 1 N–H and O–H groups in total. The highest BCUT2D eigenvalue weighted by molar-refractivity contribution is 5.27. The van der Waals surface area contributed by atoms with Crippen LogP contribution in [0, 0.1) is 5.92 Å². The molecule has 1 unspecified atom stereocenters. The van der Waals surface area contributed by atoms with Crippen LogP contribution in [0.5, 0.6) is 5.75 Å². The molecule has 0 aliphatic heterocycles. The largest absolute Gasteiger partial charge is 0.494 e. The van der Waals surface area contributed by atoms with E-state index < -0.39 is 0 Å². The molecular formula is C17H29NO2. The minimum Gasteiger partial charge on any atom is -0.494 e. The molecule has 3 heteroatoms. The van der Waals surface area contributed by atoms with Crippen LogP contribution in [-0.4, -0.2) is 25.9 Å². The highest BCUT2D eigenvalue weighted by atomic mass is 16.5. The first-order valence-corrected chi connectivity index (χ1v) is 7.70. The third kappa shape index (κ3) is 6.40. The quantitative estimate of drug-likeness (QED) is 0.709. The maximum Gasteiger partial charge on any atom is 0.119 e. The van der Waals surface area contributed by atoms with Crippen LogP contribution < -0.4 is 10.1 Å². The highest BCUT2D eigenvalue weighted by Gasteiger charge is 2.12. The number of ether oxygens (including phenoxy) is 2. The molecule has 1 atom stereocenters. The summed E-state index contributed by atoms with van der Waals surface area (Å²) in [5, 5.41) is 3.57. The Morgan fingerprint density at radius 1 is 1.10 bits per heavy atom. The van der Waals surface area contributed by atoms with E-state index in [2.05, 4.69) is 38.2 Å². The third-order valence-corrected chi connectivity index (χ3v) is 3.27. The monoisotopic (exact) mass is 279 g/mol. The topological polar surface area (TPSA) is 30.5 Å². The van der Waals surface area contributed by atoms with Crippen molar-refractivity contribution in [1.82, 2.24) is 5.32 Å². The van der Waals surface area contributed by atoms with Gasteiger partial charge < -0.3 is 14.8 Å². The SMILES string of the molecule is CCCOc1ccc(CNC(COCC)C(C)C)cc1. The van der Waals surface area contributed by atoms with Gasteiger partial charge in [0.25, 0.3) is 0 Å². The lowest BCUT2D eigenvalue weighted by molar-refractivity contribution is 0.108. The number of benzene rings is 1. The van der Waals surface area contributed by atoms with Crippen LogP contribution in [0.4, 0.5) is 0 Å². The Morgan fingerprint density at radius 2 is 1.80 bits per heavy atom. The van der Waals surface area contributed by atoms with Crippen molar-refractivity contribution in [1.29, 1.82) is 0 Å². The molecule has 20 heavy (non-hydrogen) atoms. The normalized spacial score (nSPS) is 12.7. The van der Waals surface area contributed by atoms with E-state index in [4.69, 9.17) is 9.47 Å². The van der Waals surface area contributed by atoms with Crippen LogP contribution in [0.1, 0.15) is 39.7 Å². The zero-order valence-electron chi connectivity index (χ0n) is 13.3. The van der Waals surface area contributed by atoms with Gasteiger partial charge in [0, 0.05) is 19.2 Å². The molecule has 0 bridgehead atoms. The van der Waals surface area contributed by atoms with Gasteiger partial charge in [0.1, 0.15) is 5.75 Å². The summed E-state index contributed by atoms with van der Waals surface area (Å²) in [5.41, 5.74) is 1.27. The van der Waals surface area contributed by atoms with E-state index in [-0.39, 0.29) is 0 Å². The summed E-state index contributed by atoms with van der Waals surface area (Å²) in [6, 6.07) is 8.72. The van der Waals surface area contributed by atoms with Crippen LogP contribution in [-0.2, 0) is 11.3 Å². The summed E-state index contributed by atoms with van der Waals surface area (Å²) < 4.78 is 11.1. The van der Waals surface area contributed by atoms with Gasteiger partial charge in [-0.15, -0.1) is 0 Å². The summed E-state index contributed by atoms with van der Waals surface area (Å²) in [4.78, 5) is 0. The molecule has 3 nitrogen and oxygen atoms in total. The van der Waals surface area contributed by atoms with E-state index in [1.165, 1.54) is 5.56 Å². The minimum atomic E-state index is 0.394. The number of nitrogens with one attached hydrogen (secondary N) is 1. The fourth-order valence-corrected chi connectivity index (χ4v) is 1.90. The van der Waals surface area contributed by atoms with E-state index in [1.54, 1.807) is 0 Å².